The minimum atomic E-state index is -2.05. The molecule has 2 heterocycles. The van der Waals surface area contributed by atoms with Crippen LogP contribution >= 0.6 is 11.5 Å². The standard InChI is InChI=1S/C15H18N2O3S2/c1-19-15-10-14(21-16-15)11-20-13-6-4-5-12(9-13)17-22(18)7-2-3-8-22/h4-6,9-10H,2-3,7-8,11H2,1H3. The van der Waals surface area contributed by atoms with Crippen LogP contribution in [0.15, 0.2) is 34.7 Å². The summed E-state index contributed by atoms with van der Waals surface area (Å²) in [5.41, 5.74) is 0.728. The molecule has 1 saturated heterocycles. The van der Waals surface area contributed by atoms with Crippen LogP contribution in [0.2, 0.25) is 0 Å². The molecule has 0 aliphatic carbocycles. The first-order valence-corrected chi connectivity index (χ1v) is 9.74. The molecule has 0 N–H and O–H groups in total. The highest BCUT2D eigenvalue weighted by Gasteiger charge is 2.16. The first kappa shape index (κ1) is 15.3. The maximum absolute atomic E-state index is 12.5. The van der Waals surface area contributed by atoms with E-state index in [1.54, 1.807) is 7.11 Å². The molecular weight excluding hydrogens is 320 g/mol. The molecule has 0 amide bonds. The summed E-state index contributed by atoms with van der Waals surface area (Å²) in [5, 5.41) is 0. The van der Waals surface area contributed by atoms with Gasteiger partial charge in [0.05, 0.1) is 27.4 Å². The third-order valence-corrected chi connectivity index (χ3v) is 6.53. The Morgan fingerprint density at radius 1 is 1.32 bits per heavy atom. The summed E-state index contributed by atoms with van der Waals surface area (Å²) in [5.74, 6) is 2.73. The van der Waals surface area contributed by atoms with Crippen LogP contribution in [0.1, 0.15) is 17.7 Å². The maximum atomic E-state index is 12.5. The van der Waals surface area contributed by atoms with Crippen molar-refractivity contribution in [2.45, 2.75) is 19.4 Å². The van der Waals surface area contributed by atoms with Gasteiger partial charge >= 0.3 is 0 Å². The molecule has 0 saturated carbocycles. The van der Waals surface area contributed by atoms with Crippen LogP contribution in [-0.2, 0) is 16.3 Å². The van der Waals surface area contributed by atoms with E-state index in [2.05, 4.69) is 8.74 Å². The van der Waals surface area contributed by atoms with Crippen LogP contribution in [-0.4, -0.2) is 27.2 Å². The largest absolute Gasteiger partial charge is 0.488 e. The van der Waals surface area contributed by atoms with E-state index in [-0.39, 0.29) is 0 Å². The third-order valence-electron chi connectivity index (χ3n) is 3.39. The highest BCUT2D eigenvalue weighted by Crippen LogP contribution is 2.26. The van der Waals surface area contributed by atoms with Crippen LogP contribution in [0.3, 0.4) is 0 Å². The summed E-state index contributed by atoms with van der Waals surface area (Å²) in [6.07, 6.45) is 2.01. The Morgan fingerprint density at radius 3 is 2.86 bits per heavy atom. The van der Waals surface area contributed by atoms with Crippen LogP contribution in [0, 0.1) is 0 Å². The molecule has 2 aromatic rings. The van der Waals surface area contributed by atoms with Crippen LogP contribution in [0.4, 0.5) is 5.69 Å². The molecule has 1 aromatic carbocycles. The number of hydrogen-bond acceptors (Lipinski definition) is 6. The lowest BCUT2D eigenvalue weighted by Gasteiger charge is -2.06. The van der Waals surface area contributed by atoms with Crippen molar-refractivity contribution >= 4 is 26.9 Å². The number of ether oxygens (including phenoxy) is 2. The lowest BCUT2D eigenvalue weighted by atomic mass is 10.3. The molecule has 1 aromatic heterocycles. The number of rotatable bonds is 5. The van der Waals surface area contributed by atoms with E-state index in [4.69, 9.17) is 9.47 Å². The van der Waals surface area contributed by atoms with Gasteiger partial charge < -0.3 is 9.47 Å². The van der Waals surface area contributed by atoms with Crippen LogP contribution in [0.25, 0.3) is 0 Å². The van der Waals surface area contributed by atoms with Crippen molar-refractivity contribution in [3.8, 4) is 11.6 Å². The topological polar surface area (TPSA) is 60.8 Å². The van der Waals surface area contributed by atoms with Crippen molar-refractivity contribution in [1.82, 2.24) is 4.37 Å². The molecule has 22 heavy (non-hydrogen) atoms. The number of benzene rings is 1. The Morgan fingerprint density at radius 2 is 2.14 bits per heavy atom. The molecule has 0 radical (unpaired) electrons. The quantitative estimate of drug-likeness (QED) is 0.835. The highest BCUT2D eigenvalue weighted by atomic mass is 32.2. The average molecular weight is 338 g/mol. The van der Waals surface area contributed by atoms with E-state index < -0.39 is 9.73 Å². The fourth-order valence-electron chi connectivity index (χ4n) is 2.28. The van der Waals surface area contributed by atoms with E-state index in [1.807, 2.05) is 30.3 Å². The van der Waals surface area contributed by atoms with Gasteiger partial charge in [0.2, 0.25) is 5.88 Å². The van der Waals surface area contributed by atoms with Gasteiger partial charge in [0.25, 0.3) is 0 Å². The van der Waals surface area contributed by atoms with Crippen molar-refractivity contribution in [2.75, 3.05) is 18.6 Å². The normalized spacial score (nSPS) is 16.4. The summed E-state index contributed by atoms with van der Waals surface area (Å²) in [7, 11) is -0.454. The van der Waals surface area contributed by atoms with Crippen LogP contribution < -0.4 is 9.47 Å². The van der Waals surface area contributed by atoms with Gasteiger partial charge in [0, 0.05) is 23.6 Å². The molecule has 1 aliphatic rings. The fourth-order valence-corrected chi connectivity index (χ4v) is 5.08. The Labute approximate surface area is 134 Å². The molecule has 0 spiro atoms. The lowest BCUT2D eigenvalue weighted by Crippen LogP contribution is -1.99. The van der Waals surface area contributed by atoms with E-state index in [0.717, 1.165) is 29.2 Å². The number of nitrogens with zero attached hydrogens (tertiary/aromatic N) is 2. The number of hydrogen-bond donors (Lipinski definition) is 0. The number of aromatic nitrogens is 1. The molecule has 1 fully saturated rings. The monoisotopic (exact) mass is 338 g/mol. The lowest BCUT2D eigenvalue weighted by molar-refractivity contribution is 0.309. The summed E-state index contributed by atoms with van der Waals surface area (Å²) in [4.78, 5) is 0.987. The zero-order chi connectivity index (χ0) is 15.4. The van der Waals surface area contributed by atoms with Crippen molar-refractivity contribution < 1.29 is 13.7 Å². The zero-order valence-corrected chi connectivity index (χ0v) is 14.0. The third kappa shape index (κ3) is 3.78. The number of methoxy groups -OCH3 is 1. The molecule has 1 aliphatic heterocycles. The molecule has 118 valence electrons. The maximum Gasteiger partial charge on any atom is 0.225 e. The zero-order valence-electron chi connectivity index (χ0n) is 12.4. The Kier molecular flexibility index (Phi) is 4.63. The predicted molar refractivity (Wildman–Crippen MR) is 88.6 cm³/mol. The van der Waals surface area contributed by atoms with E-state index in [0.29, 0.717) is 24.0 Å². The summed E-state index contributed by atoms with van der Waals surface area (Å²) >= 11 is 1.35. The smallest absolute Gasteiger partial charge is 0.225 e. The second kappa shape index (κ2) is 6.66. The van der Waals surface area contributed by atoms with Gasteiger partial charge in [-0.3, -0.25) is 0 Å². The van der Waals surface area contributed by atoms with Gasteiger partial charge in [-0.25, -0.2) is 4.21 Å². The summed E-state index contributed by atoms with van der Waals surface area (Å²) in [6.45, 7) is 0.430. The molecule has 0 atom stereocenters. The van der Waals surface area contributed by atoms with Gasteiger partial charge in [-0.05, 0) is 36.5 Å². The van der Waals surface area contributed by atoms with Gasteiger partial charge in [-0.2, -0.15) is 8.74 Å². The summed E-state index contributed by atoms with van der Waals surface area (Å²) < 4.78 is 31.8. The second-order valence-electron chi connectivity index (χ2n) is 5.10. The van der Waals surface area contributed by atoms with Gasteiger partial charge in [0.15, 0.2) is 0 Å². The molecule has 7 heteroatoms. The first-order chi connectivity index (χ1) is 10.7. The average Bonchev–Trinajstić information content (AvgIpc) is 3.14. The minimum Gasteiger partial charge on any atom is -0.488 e. The Hall–Kier alpha value is -1.60. The SMILES string of the molecule is COc1cc(COc2cccc(N=S3(=O)CCCC3)c2)sn1. The van der Waals surface area contributed by atoms with E-state index in [9.17, 15) is 4.21 Å². The molecule has 5 nitrogen and oxygen atoms in total. The van der Waals surface area contributed by atoms with Gasteiger partial charge in [-0.1, -0.05) is 6.07 Å². The van der Waals surface area contributed by atoms with E-state index >= 15 is 0 Å². The highest BCUT2D eigenvalue weighted by molar-refractivity contribution is 7.93. The van der Waals surface area contributed by atoms with E-state index in [1.165, 1.54) is 11.5 Å². The first-order valence-electron chi connectivity index (χ1n) is 7.12. The molecule has 0 bridgehead atoms. The van der Waals surface area contributed by atoms with Crippen molar-refractivity contribution in [2.24, 2.45) is 4.36 Å². The molecule has 0 unspecified atom stereocenters. The van der Waals surface area contributed by atoms with Crippen molar-refractivity contribution in [1.29, 1.82) is 0 Å². The molecule has 3 rings (SSSR count). The Balaban J connectivity index is 1.70. The fraction of sp³-hybridized carbons (Fsp3) is 0.400. The van der Waals surface area contributed by atoms with Crippen molar-refractivity contribution in [3.05, 3.63) is 35.2 Å². The van der Waals surface area contributed by atoms with Crippen molar-refractivity contribution in [3.63, 3.8) is 0 Å². The minimum absolute atomic E-state index is 0.430. The predicted octanol–water partition coefficient (Wildman–Crippen LogP) is 3.62. The summed E-state index contributed by atoms with van der Waals surface area (Å²) in [6, 6.07) is 9.31. The van der Waals surface area contributed by atoms with Gasteiger partial charge in [-0.15, -0.1) is 0 Å². The van der Waals surface area contributed by atoms with Gasteiger partial charge in [0.1, 0.15) is 12.4 Å². The Bertz CT molecular complexity index is 752. The van der Waals surface area contributed by atoms with Crippen LogP contribution in [0.5, 0.6) is 11.6 Å². The molecular formula is C15H18N2O3S2. The second-order valence-corrected chi connectivity index (χ2v) is 8.53.